The highest BCUT2D eigenvalue weighted by Crippen LogP contribution is 2.34. The molecule has 4 nitrogen and oxygen atoms in total. The lowest BCUT2D eigenvalue weighted by Crippen LogP contribution is -2.15. The largest absolute Gasteiger partial charge is 0.466 e. The first kappa shape index (κ1) is 33.1. The Hall–Kier alpha value is -1.88. The SMILES string of the molecule is C=C(/C=C\C(=C)C(C)(C)C(=C)/C=C\C(=C)C(C)C)OC(C)OCCCCCCCCCOC(C)O. The molecule has 200 valence electrons. The van der Waals surface area contributed by atoms with Crippen LogP contribution in [-0.2, 0) is 14.2 Å². The van der Waals surface area contributed by atoms with Gasteiger partial charge in [0.15, 0.2) is 12.6 Å². The van der Waals surface area contributed by atoms with E-state index < -0.39 is 6.29 Å². The van der Waals surface area contributed by atoms with Crippen molar-refractivity contribution in [3.63, 3.8) is 0 Å². The van der Waals surface area contributed by atoms with E-state index in [4.69, 9.17) is 19.3 Å². The van der Waals surface area contributed by atoms with E-state index in [-0.39, 0.29) is 11.7 Å². The van der Waals surface area contributed by atoms with Crippen molar-refractivity contribution < 1.29 is 19.3 Å². The van der Waals surface area contributed by atoms with Gasteiger partial charge in [-0.25, -0.2) is 0 Å². The van der Waals surface area contributed by atoms with Crippen molar-refractivity contribution in [2.45, 2.75) is 99.1 Å². The molecular formula is C31H52O4. The highest BCUT2D eigenvalue weighted by atomic mass is 16.7. The van der Waals surface area contributed by atoms with E-state index in [2.05, 4.69) is 54.0 Å². The molecule has 2 atom stereocenters. The molecule has 0 aliphatic carbocycles. The van der Waals surface area contributed by atoms with Gasteiger partial charge in [-0.15, -0.1) is 0 Å². The molecule has 0 aromatic heterocycles. The lowest BCUT2D eigenvalue weighted by Gasteiger charge is -2.27. The van der Waals surface area contributed by atoms with Crippen molar-refractivity contribution in [3.05, 3.63) is 73.1 Å². The van der Waals surface area contributed by atoms with E-state index in [9.17, 15) is 0 Å². The number of hydrogen-bond acceptors (Lipinski definition) is 4. The summed E-state index contributed by atoms with van der Waals surface area (Å²) in [6, 6.07) is 0. The minimum Gasteiger partial charge on any atom is -0.466 e. The first-order valence-corrected chi connectivity index (χ1v) is 13.1. The standard InChI is InChI=1S/C31H52O4/c1-24(2)25(3)18-19-26(4)31(9,10)27(5)20-21-28(6)35-30(8)34-23-17-15-13-11-12-14-16-22-33-29(7)32/h18-21,24,29-30,32H,3-6,11-17,22-23H2,1-2,7-10H3/b19-18-,21-20-. The van der Waals surface area contributed by atoms with Gasteiger partial charge in [0, 0.05) is 12.0 Å². The Morgan fingerprint density at radius 3 is 1.66 bits per heavy atom. The molecule has 0 spiro atoms. The summed E-state index contributed by atoms with van der Waals surface area (Å²) in [5.41, 5.74) is 2.69. The van der Waals surface area contributed by atoms with Crippen LogP contribution in [0.4, 0.5) is 0 Å². The monoisotopic (exact) mass is 488 g/mol. The summed E-state index contributed by atoms with van der Waals surface area (Å²) < 4.78 is 16.7. The third-order valence-electron chi connectivity index (χ3n) is 6.13. The first-order chi connectivity index (χ1) is 16.4. The minimum absolute atomic E-state index is 0.293. The van der Waals surface area contributed by atoms with Crippen molar-refractivity contribution in [2.75, 3.05) is 13.2 Å². The quantitative estimate of drug-likeness (QED) is 0.0762. The van der Waals surface area contributed by atoms with E-state index in [1.807, 2.05) is 31.2 Å². The van der Waals surface area contributed by atoms with Crippen LogP contribution in [0.1, 0.15) is 86.5 Å². The zero-order chi connectivity index (χ0) is 26.9. The maximum atomic E-state index is 9.04. The molecule has 0 fully saturated rings. The molecule has 0 bridgehead atoms. The molecule has 0 aromatic rings. The summed E-state index contributed by atoms with van der Waals surface area (Å²) in [4.78, 5) is 0. The van der Waals surface area contributed by atoms with Gasteiger partial charge >= 0.3 is 0 Å². The molecule has 0 aliphatic rings. The Labute approximate surface area is 216 Å². The molecule has 1 N–H and O–H groups in total. The topological polar surface area (TPSA) is 47.9 Å². The fourth-order valence-corrected chi connectivity index (χ4v) is 3.09. The van der Waals surface area contributed by atoms with E-state index in [0.29, 0.717) is 24.9 Å². The summed E-state index contributed by atoms with van der Waals surface area (Å²) in [6.07, 6.45) is 14.8. The molecule has 35 heavy (non-hydrogen) atoms. The second-order valence-corrected chi connectivity index (χ2v) is 10.0. The fraction of sp³-hybridized carbons (Fsp3) is 0.613. The summed E-state index contributed by atoms with van der Waals surface area (Å²) in [7, 11) is 0. The zero-order valence-electron chi connectivity index (χ0n) is 23.4. The molecular weight excluding hydrogens is 436 g/mol. The Balaban J connectivity index is 4.13. The van der Waals surface area contributed by atoms with E-state index >= 15 is 0 Å². The number of hydrogen-bond donors (Lipinski definition) is 1. The van der Waals surface area contributed by atoms with Gasteiger partial charge in [-0.3, -0.25) is 0 Å². The van der Waals surface area contributed by atoms with Gasteiger partial charge in [0.25, 0.3) is 0 Å². The molecule has 4 heteroatoms. The number of ether oxygens (including phenoxy) is 3. The fourth-order valence-electron chi connectivity index (χ4n) is 3.09. The molecule has 0 saturated heterocycles. The van der Waals surface area contributed by atoms with Crippen LogP contribution in [0.15, 0.2) is 73.1 Å². The first-order valence-electron chi connectivity index (χ1n) is 13.1. The van der Waals surface area contributed by atoms with Crippen LogP contribution in [0.25, 0.3) is 0 Å². The second-order valence-electron chi connectivity index (χ2n) is 10.0. The van der Waals surface area contributed by atoms with Crippen LogP contribution in [0, 0.1) is 11.3 Å². The smallest absolute Gasteiger partial charge is 0.196 e. The van der Waals surface area contributed by atoms with E-state index in [1.54, 1.807) is 6.92 Å². The van der Waals surface area contributed by atoms with E-state index in [1.165, 1.54) is 19.3 Å². The molecule has 0 radical (unpaired) electrons. The minimum atomic E-state index is -0.657. The van der Waals surface area contributed by atoms with Crippen LogP contribution in [0.3, 0.4) is 0 Å². The lowest BCUT2D eigenvalue weighted by molar-refractivity contribution is -0.100. The average molecular weight is 489 g/mol. The third kappa shape index (κ3) is 16.4. The van der Waals surface area contributed by atoms with Gasteiger partial charge in [0.1, 0.15) is 5.76 Å². The average Bonchev–Trinajstić information content (AvgIpc) is 2.78. The molecule has 0 aliphatic heterocycles. The summed E-state index contributed by atoms with van der Waals surface area (Å²) in [5.74, 6) is 0.955. The van der Waals surface area contributed by atoms with Gasteiger partial charge in [-0.05, 0) is 49.8 Å². The predicted molar refractivity (Wildman–Crippen MR) is 150 cm³/mol. The van der Waals surface area contributed by atoms with Crippen LogP contribution >= 0.6 is 0 Å². The Morgan fingerprint density at radius 2 is 1.17 bits per heavy atom. The van der Waals surface area contributed by atoms with Crippen molar-refractivity contribution >= 4 is 0 Å². The number of unbranched alkanes of at least 4 members (excludes halogenated alkanes) is 6. The van der Waals surface area contributed by atoms with Crippen LogP contribution in [0.2, 0.25) is 0 Å². The third-order valence-corrected chi connectivity index (χ3v) is 6.13. The maximum Gasteiger partial charge on any atom is 0.196 e. The number of aliphatic hydroxyl groups excluding tert-OH is 1. The zero-order valence-corrected chi connectivity index (χ0v) is 23.4. The van der Waals surface area contributed by atoms with Gasteiger partial charge in [-0.1, -0.05) is 110 Å². The predicted octanol–water partition coefficient (Wildman–Crippen LogP) is 8.43. The van der Waals surface area contributed by atoms with Crippen LogP contribution < -0.4 is 0 Å². The number of rotatable bonds is 21. The molecule has 0 saturated carbocycles. The van der Waals surface area contributed by atoms with Crippen molar-refractivity contribution in [1.29, 1.82) is 0 Å². The van der Waals surface area contributed by atoms with Crippen LogP contribution in [-0.4, -0.2) is 30.9 Å². The van der Waals surface area contributed by atoms with Gasteiger partial charge in [0.05, 0.1) is 6.61 Å². The van der Waals surface area contributed by atoms with Gasteiger partial charge in [-0.2, -0.15) is 0 Å². The normalized spacial score (nSPS) is 13.9. The second kappa shape index (κ2) is 18.4. The lowest BCUT2D eigenvalue weighted by atomic mass is 9.78. The van der Waals surface area contributed by atoms with Crippen molar-refractivity contribution in [3.8, 4) is 0 Å². The Kier molecular flexibility index (Phi) is 17.4. The van der Waals surface area contributed by atoms with Crippen molar-refractivity contribution in [2.24, 2.45) is 11.3 Å². The Bertz CT molecular complexity index is 709. The molecule has 0 heterocycles. The van der Waals surface area contributed by atoms with Crippen LogP contribution in [0.5, 0.6) is 0 Å². The summed E-state index contributed by atoms with van der Waals surface area (Å²) >= 11 is 0. The molecule has 0 aromatic carbocycles. The van der Waals surface area contributed by atoms with E-state index in [0.717, 1.165) is 42.4 Å². The van der Waals surface area contributed by atoms with Gasteiger partial charge < -0.3 is 19.3 Å². The highest BCUT2D eigenvalue weighted by molar-refractivity contribution is 5.39. The van der Waals surface area contributed by atoms with Gasteiger partial charge in [0.2, 0.25) is 0 Å². The molecule has 0 amide bonds. The number of allylic oxidation sites excluding steroid dienone is 7. The molecule has 2 unspecified atom stereocenters. The maximum absolute atomic E-state index is 9.04. The summed E-state index contributed by atoms with van der Waals surface area (Å²) in [5, 5.41) is 9.04. The molecule has 0 rings (SSSR count). The highest BCUT2D eigenvalue weighted by Gasteiger charge is 2.22. The Morgan fingerprint density at radius 1 is 0.714 bits per heavy atom. The number of aliphatic hydroxyl groups is 1. The summed E-state index contributed by atoms with van der Waals surface area (Å²) in [6.45, 7) is 29.8. The van der Waals surface area contributed by atoms with Crippen molar-refractivity contribution in [1.82, 2.24) is 0 Å².